The van der Waals surface area contributed by atoms with Crippen LogP contribution in [0.5, 0.6) is 0 Å². The third kappa shape index (κ3) is 4.29. The van der Waals surface area contributed by atoms with E-state index < -0.39 is 33.6 Å². The van der Waals surface area contributed by atoms with E-state index in [4.69, 9.17) is 0 Å². The monoisotopic (exact) mass is 347 g/mol. The number of rotatable bonds is 4. The SMILES string of the molecule is CC(NS(=O)(=O)c1ccc(C(F)(F)F)cc1)c1ccc(F)cc1. The van der Waals surface area contributed by atoms with Crippen LogP contribution >= 0.6 is 0 Å². The molecule has 0 amide bonds. The number of nitrogens with one attached hydrogen (secondary N) is 1. The van der Waals surface area contributed by atoms with Crippen molar-refractivity contribution >= 4 is 10.0 Å². The van der Waals surface area contributed by atoms with Gasteiger partial charge >= 0.3 is 6.18 Å². The second-order valence-electron chi connectivity index (χ2n) is 4.92. The van der Waals surface area contributed by atoms with Gasteiger partial charge in [0.25, 0.3) is 0 Å². The Balaban J connectivity index is 2.20. The van der Waals surface area contributed by atoms with Gasteiger partial charge in [-0.1, -0.05) is 12.1 Å². The number of benzene rings is 2. The van der Waals surface area contributed by atoms with Gasteiger partial charge in [-0.3, -0.25) is 0 Å². The quantitative estimate of drug-likeness (QED) is 0.853. The summed E-state index contributed by atoms with van der Waals surface area (Å²) in [6.45, 7) is 1.55. The van der Waals surface area contributed by atoms with Crippen molar-refractivity contribution in [2.75, 3.05) is 0 Å². The van der Waals surface area contributed by atoms with Crippen molar-refractivity contribution in [2.45, 2.75) is 24.0 Å². The third-order valence-electron chi connectivity index (χ3n) is 3.19. The lowest BCUT2D eigenvalue weighted by molar-refractivity contribution is -0.137. The van der Waals surface area contributed by atoms with E-state index in [1.165, 1.54) is 24.3 Å². The maximum atomic E-state index is 12.9. The lowest BCUT2D eigenvalue weighted by Crippen LogP contribution is -2.27. The molecule has 0 aliphatic carbocycles. The molecule has 0 aromatic heterocycles. The third-order valence-corrected chi connectivity index (χ3v) is 4.75. The van der Waals surface area contributed by atoms with Gasteiger partial charge in [0, 0.05) is 6.04 Å². The van der Waals surface area contributed by atoms with E-state index in [1.807, 2.05) is 0 Å². The minimum absolute atomic E-state index is 0.278. The zero-order valence-corrected chi connectivity index (χ0v) is 12.7. The van der Waals surface area contributed by atoms with E-state index in [9.17, 15) is 26.0 Å². The molecule has 1 atom stereocenters. The smallest absolute Gasteiger partial charge is 0.207 e. The normalized spacial score (nSPS) is 13.8. The minimum atomic E-state index is -4.53. The molecule has 0 spiro atoms. The summed E-state index contributed by atoms with van der Waals surface area (Å²) in [7, 11) is -3.99. The maximum absolute atomic E-state index is 12.9. The van der Waals surface area contributed by atoms with Gasteiger partial charge < -0.3 is 0 Å². The molecule has 3 nitrogen and oxygen atoms in total. The van der Waals surface area contributed by atoms with Gasteiger partial charge in [0.2, 0.25) is 10.0 Å². The summed E-state index contributed by atoms with van der Waals surface area (Å²) in [5.41, 5.74) is -0.398. The van der Waals surface area contributed by atoms with E-state index >= 15 is 0 Å². The van der Waals surface area contributed by atoms with E-state index in [2.05, 4.69) is 4.72 Å². The van der Waals surface area contributed by atoms with E-state index in [0.29, 0.717) is 17.7 Å². The fraction of sp³-hybridized carbons (Fsp3) is 0.200. The first-order chi connectivity index (χ1) is 10.6. The van der Waals surface area contributed by atoms with Crippen molar-refractivity contribution in [2.24, 2.45) is 0 Å². The minimum Gasteiger partial charge on any atom is -0.207 e. The van der Waals surface area contributed by atoms with Crippen LogP contribution < -0.4 is 4.72 Å². The van der Waals surface area contributed by atoms with Crippen LogP contribution in [0, 0.1) is 5.82 Å². The molecule has 0 saturated heterocycles. The van der Waals surface area contributed by atoms with Gasteiger partial charge in [0.05, 0.1) is 10.5 Å². The molecule has 1 unspecified atom stereocenters. The molecule has 2 aromatic carbocycles. The van der Waals surface area contributed by atoms with Crippen molar-refractivity contribution in [1.29, 1.82) is 0 Å². The molecule has 0 aliphatic rings. The summed E-state index contributed by atoms with van der Waals surface area (Å²) < 4.78 is 77.0. The molecule has 8 heteroatoms. The van der Waals surface area contributed by atoms with Gasteiger partial charge in [-0.15, -0.1) is 0 Å². The average Bonchev–Trinajstić information content (AvgIpc) is 2.46. The molecule has 1 N–H and O–H groups in total. The highest BCUT2D eigenvalue weighted by Crippen LogP contribution is 2.29. The van der Waals surface area contributed by atoms with E-state index in [0.717, 1.165) is 12.1 Å². The van der Waals surface area contributed by atoms with Gasteiger partial charge in [-0.2, -0.15) is 13.2 Å². The topological polar surface area (TPSA) is 46.2 Å². The molecule has 0 heterocycles. The number of hydrogen-bond donors (Lipinski definition) is 1. The van der Waals surface area contributed by atoms with E-state index in [-0.39, 0.29) is 4.90 Å². The summed E-state index contributed by atoms with van der Waals surface area (Å²) in [6.07, 6.45) is -4.53. The maximum Gasteiger partial charge on any atom is 0.416 e. The van der Waals surface area contributed by atoms with Crippen LogP contribution in [0.4, 0.5) is 17.6 Å². The Bertz CT molecular complexity index is 769. The van der Waals surface area contributed by atoms with E-state index in [1.54, 1.807) is 6.92 Å². The molecular formula is C15H13F4NO2S. The molecule has 2 rings (SSSR count). The van der Waals surface area contributed by atoms with Crippen molar-refractivity contribution in [3.63, 3.8) is 0 Å². The molecule has 0 fully saturated rings. The predicted molar refractivity (Wildman–Crippen MR) is 76.6 cm³/mol. The molecule has 124 valence electrons. The second-order valence-corrected chi connectivity index (χ2v) is 6.63. The average molecular weight is 347 g/mol. The standard InChI is InChI=1S/C15H13F4NO2S/c1-10(11-2-6-13(16)7-3-11)20-23(21,22)14-8-4-12(5-9-14)15(17,18)19/h2-10,20H,1H3. The Morgan fingerprint density at radius 1 is 0.957 bits per heavy atom. The van der Waals surface area contributed by atoms with Gasteiger partial charge in [-0.25, -0.2) is 17.5 Å². The van der Waals surface area contributed by atoms with Crippen molar-refractivity contribution < 1.29 is 26.0 Å². The molecule has 23 heavy (non-hydrogen) atoms. The van der Waals surface area contributed by atoms with Crippen LogP contribution in [-0.2, 0) is 16.2 Å². The summed E-state index contributed by atoms with van der Waals surface area (Å²) in [5.74, 6) is -0.452. The summed E-state index contributed by atoms with van der Waals surface area (Å²) in [6, 6.07) is 7.77. The van der Waals surface area contributed by atoms with Crippen LogP contribution in [0.2, 0.25) is 0 Å². The lowest BCUT2D eigenvalue weighted by atomic mass is 10.1. The zero-order chi connectivity index (χ0) is 17.3. The summed E-state index contributed by atoms with van der Waals surface area (Å²) in [4.78, 5) is -0.278. The highest BCUT2D eigenvalue weighted by atomic mass is 32.2. The zero-order valence-electron chi connectivity index (χ0n) is 11.9. The molecule has 0 aliphatic heterocycles. The van der Waals surface area contributed by atoms with Crippen LogP contribution in [0.25, 0.3) is 0 Å². The molecule has 0 saturated carbocycles. The van der Waals surface area contributed by atoms with Crippen LogP contribution in [-0.4, -0.2) is 8.42 Å². The number of sulfonamides is 1. The molecular weight excluding hydrogens is 334 g/mol. The molecule has 2 aromatic rings. The van der Waals surface area contributed by atoms with Gasteiger partial charge in [0.15, 0.2) is 0 Å². The fourth-order valence-electron chi connectivity index (χ4n) is 1.94. The van der Waals surface area contributed by atoms with Crippen molar-refractivity contribution in [3.05, 3.63) is 65.5 Å². The highest BCUT2D eigenvalue weighted by Gasteiger charge is 2.30. The first-order valence-corrected chi connectivity index (χ1v) is 8.03. The van der Waals surface area contributed by atoms with Crippen LogP contribution in [0.3, 0.4) is 0 Å². The van der Waals surface area contributed by atoms with Crippen LogP contribution in [0.15, 0.2) is 53.4 Å². The summed E-state index contributed by atoms with van der Waals surface area (Å²) >= 11 is 0. The lowest BCUT2D eigenvalue weighted by Gasteiger charge is -2.15. The number of halogens is 4. The summed E-state index contributed by atoms with van der Waals surface area (Å²) in [5, 5.41) is 0. The molecule has 0 bridgehead atoms. The Hall–Kier alpha value is -1.93. The van der Waals surface area contributed by atoms with Crippen molar-refractivity contribution in [1.82, 2.24) is 4.72 Å². The Morgan fingerprint density at radius 3 is 1.96 bits per heavy atom. The number of hydrogen-bond acceptors (Lipinski definition) is 2. The number of alkyl halides is 3. The Kier molecular flexibility index (Phi) is 4.76. The van der Waals surface area contributed by atoms with Gasteiger partial charge in [-0.05, 0) is 48.9 Å². The largest absolute Gasteiger partial charge is 0.416 e. The highest BCUT2D eigenvalue weighted by molar-refractivity contribution is 7.89. The predicted octanol–water partition coefficient (Wildman–Crippen LogP) is 3.88. The first kappa shape index (κ1) is 17.4. The van der Waals surface area contributed by atoms with Gasteiger partial charge in [0.1, 0.15) is 5.82 Å². The van der Waals surface area contributed by atoms with Crippen LogP contribution in [0.1, 0.15) is 24.1 Å². The first-order valence-electron chi connectivity index (χ1n) is 6.54. The van der Waals surface area contributed by atoms with Crippen molar-refractivity contribution in [3.8, 4) is 0 Å². The molecule has 0 radical (unpaired) electrons. The fourth-order valence-corrected chi connectivity index (χ4v) is 3.18. The Morgan fingerprint density at radius 2 is 1.48 bits per heavy atom. The Labute approximate surface area is 131 Å². The second kappa shape index (κ2) is 6.29.